The Hall–Kier alpha value is -0.850. The highest BCUT2D eigenvalue weighted by Gasteiger charge is 2.38. The van der Waals surface area contributed by atoms with Gasteiger partial charge in [-0.3, -0.25) is 4.90 Å². The van der Waals surface area contributed by atoms with Gasteiger partial charge in [-0.1, -0.05) is 36.0 Å². The van der Waals surface area contributed by atoms with Crippen LogP contribution < -0.4 is 5.73 Å². The first-order valence-electron chi connectivity index (χ1n) is 6.15. The number of halogens is 4. The second kappa shape index (κ2) is 5.87. The third-order valence-electron chi connectivity index (χ3n) is 3.16. The quantitative estimate of drug-likeness (QED) is 0.841. The molecule has 0 spiro atoms. The van der Waals surface area contributed by atoms with Crippen LogP contribution in [0, 0.1) is 0 Å². The van der Waals surface area contributed by atoms with Crippen molar-refractivity contribution in [3.05, 3.63) is 34.3 Å². The lowest BCUT2D eigenvalue weighted by Crippen LogP contribution is -2.35. The molecule has 2 rings (SSSR count). The smallest absolute Gasteiger partial charge is 0.389 e. The number of rotatable bonds is 5. The van der Waals surface area contributed by atoms with Crippen molar-refractivity contribution in [2.45, 2.75) is 31.6 Å². The maximum Gasteiger partial charge on any atom is 0.401 e. The molecule has 0 amide bonds. The maximum atomic E-state index is 12.6. The van der Waals surface area contributed by atoms with Crippen LogP contribution >= 0.6 is 23.8 Å². The van der Waals surface area contributed by atoms with E-state index in [1.54, 1.807) is 18.2 Å². The third kappa shape index (κ3) is 4.33. The molecule has 0 unspecified atom stereocenters. The van der Waals surface area contributed by atoms with Gasteiger partial charge in [0.2, 0.25) is 0 Å². The van der Waals surface area contributed by atoms with Gasteiger partial charge in [0.1, 0.15) is 4.99 Å². The molecule has 1 aliphatic rings. The number of hydrogen-bond donors (Lipinski definition) is 1. The molecule has 20 heavy (non-hydrogen) atoms. The molecule has 1 saturated carbocycles. The van der Waals surface area contributed by atoms with E-state index in [1.807, 2.05) is 0 Å². The predicted molar refractivity (Wildman–Crippen MR) is 76.8 cm³/mol. The van der Waals surface area contributed by atoms with Crippen LogP contribution in [0.25, 0.3) is 0 Å². The zero-order chi connectivity index (χ0) is 14.9. The standard InChI is InChI=1S/C13H14ClF3N2S/c14-11-5-8(12(18)20)1-2-9(11)6-19(10-3-4-10)7-13(15,16)17/h1-2,5,10H,3-4,6-7H2,(H2,18,20). The van der Waals surface area contributed by atoms with Gasteiger partial charge in [0, 0.05) is 23.2 Å². The highest BCUT2D eigenvalue weighted by Crippen LogP contribution is 2.32. The number of alkyl halides is 3. The molecule has 0 radical (unpaired) electrons. The summed E-state index contributed by atoms with van der Waals surface area (Å²) in [7, 11) is 0. The SMILES string of the molecule is NC(=S)c1ccc(CN(CC(F)(F)F)C2CC2)c(Cl)c1. The predicted octanol–water partition coefficient (Wildman–Crippen LogP) is 3.50. The Morgan fingerprint density at radius 1 is 1.40 bits per heavy atom. The molecule has 0 heterocycles. The van der Waals surface area contributed by atoms with Crippen molar-refractivity contribution in [1.29, 1.82) is 0 Å². The fourth-order valence-electron chi connectivity index (χ4n) is 2.03. The zero-order valence-corrected chi connectivity index (χ0v) is 12.2. The van der Waals surface area contributed by atoms with Crippen LogP contribution in [-0.4, -0.2) is 28.7 Å². The molecule has 0 aromatic heterocycles. The normalized spacial score (nSPS) is 15.7. The molecule has 1 aliphatic carbocycles. The van der Waals surface area contributed by atoms with Crippen LogP contribution in [0.1, 0.15) is 24.0 Å². The van der Waals surface area contributed by atoms with Crippen molar-refractivity contribution >= 4 is 28.8 Å². The third-order valence-corrected chi connectivity index (χ3v) is 3.74. The van der Waals surface area contributed by atoms with Gasteiger partial charge in [0.05, 0.1) is 6.54 Å². The van der Waals surface area contributed by atoms with Gasteiger partial charge < -0.3 is 5.73 Å². The van der Waals surface area contributed by atoms with Crippen LogP contribution in [0.4, 0.5) is 13.2 Å². The van der Waals surface area contributed by atoms with Crippen molar-refractivity contribution in [3.8, 4) is 0 Å². The molecule has 1 aromatic rings. The average Bonchev–Trinajstić information content (AvgIpc) is 3.12. The summed E-state index contributed by atoms with van der Waals surface area (Å²) in [6.45, 7) is -0.730. The zero-order valence-electron chi connectivity index (χ0n) is 10.6. The van der Waals surface area contributed by atoms with Gasteiger partial charge >= 0.3 is 6.18 Å². The summed E-state index contributed by atoms with van der Waals surface area (Å²) in [6, 6.07) is 4.96. The fraction of sp³-hybridized carbons (Fsp3) is 0.462. The van der Waals surface area contributed by atoms with E-state index >= 15 is 0 Å². The number of nitrogens with two attached hydrogens (primary N) is 1. The van der Waals surface area contributed by atoms with Crippen molar-refractivity contribution in [2.24, 2.45) is 5.73 Å². The Bertz CT molecular complexity index is 515. The van der Waals surface area contributed by atoms with E-state index in [0.29, 0.717) is 16.1 Å². The molecule has 0 saturated heterocycles. The highest BCUT2D eigenvalue weighted by molar-refractivity contribution is 7.80. The minimum Gasteiger partial charge on any atom is -0.389 e. The summed E-state index contributed by atoms with van der Waals surface area (Å²) in [5, 5.41) is 0.392. The van der Waals surface area contributed by atoms with E-state index in [1.165, 1.54) is 4.90 Å². The van der Waals surface area contributed by atoms with Gasteiger partial charge in [-0.2, -0.15) is 13.2 Å². The summed E-state index contributed by atoms with van der Waals surface area (Å²) in [5.74, 6) is 0. The molecule has 0 bridgehead atoms. The Labute approximate surface area is 125 Å². The summed E-state index contributed by atoms with van der Waals surface area (Å²) in [5.41, 5.74) is 6.76. The molecule has 2 nitrogen and oxygen atoms in total. The number of thiocarbonyl (C=S) groups is 1. The first kappa shape index (κ1) is 15.5. The van der Waals surface area contributed by atoms with Crippen molar-refractivity contribution < 1.29 is 13.2 Å². The van der Waals surface area contributed by atoms with Crippen molar-refractivity contribution in [3.63, 3.8) is 0 Å². The topological polar surface area (TPSA) is 29.3 Å². The molecule has 0 atom stereocenters. The highest BCUT2D eigenvalue weighted by atomic mass is 35.5. The first-order valence-corrected chi connectivity index (χ1v) is 6.94. The Balaban J connectivity index is 2.12. The van der Waals surface area contributed by atoms with E-state index in [2.05, 4.69) is 0 Å². The largest absolute Gasteiger partial charge is 0.401 e. The Kier molecular flexibility index (Phi) is 4.56. The van der Waals surface area contributed by atoms with Crippen LogP contribution in [0.2, 0.25) is 5.02 Å². The van der Waals surface area contributed by atoms with Crippen LogP contribution in [0.15, 0.2) is 18.2 Å². The monoisotopic (exact) mass is 322 g/mol. The first-order chi connectivity index (χ1) is 9.26. The lowest BCUT2D eigenvalue weighted by molar-refractivity contribution is -0.148. The Morgan fingerprint density at radius 2 is 2.05 bits per heavy atom. The van der Waals surface area contributed by atoms with Gasteiger partial charge in [-0.25, -0.2) is 0 Å². The Morgan fingerprint density at radius 3 is 2.50 bits per heavy atom. The van der Waals surface area contributed by atoms with Crippen LogP contribution in [-0.2, 0) is 6.54 Å². The summed E-state index contributed by atoms with van der Waals surface area (Å²) < 4.78 is 37.7. The van der Waals surface area contributed by atoms with Gasteiger partial charge in [-0.05, 0) is 24.5 Å². The number of nitrogens with zero attached hydrogens (tertiary/aromatic N) is 1. The minimum absolute atomic E-state index is 0.00273. The molecule has 1 fully saturated rings. The summed E-state index contributed by atoms with van der Waals surface area (Å²) in [4.78, 5) is 1.63. The van der Waals surface area contributed by atoms with Crippen LogP contribution in [0.5, 0.6) is 0 Å². The van der Waals surface area contributed by atoms with E-state index in [0.717, 1.165) is 12.8 Å². The van der Waals surface area contributed by atoms with Crippen molar-refractivity contribution in [2.75, 3.05) is 6.54 Å². The summed E-state index contributed by atoms with van der Waals surface area (Å²) >= 11 is 10.9. The second-order valence-electron chi connectivity index (χ2n) is 4.92. The number of hydrogen-bond acceptors (Lipinski definition) is 2. The van der Waals surface area contributed by atoms with Gasteiger partial charge in [-0.15, -0.1) is 0 Å². The van der Waals surface area contributed by atoms with E-state index in [4.69, 9.17) is 29.6 Å². The van der Waals surface area contributed by atoms with Crippen LogP contribution in [0.3, 0.4) is 0 Å². The van der Waals surface area contributed by atoms with Gasteiger partial charge in [0.25, 0.3) is 0 Å². The average molecular weight is 323 g/mol. The van der Waals surface area contributed by atoms with Gasteiger partial charge in [0.15, 0.2) is 0 Å². The summed E-state index contributed by atoms with van der Waals surface area (Å²) in [6.07, 6.45) is -2.59. The molecular formula is C13H14ClF3N2S. The van der Waals surface area contributed by atoms with E-state index in [9.17, 15) is 13.2 Å². The minimum atomic E-state index is -4.20. The van der Waals surface area contributed by atoms with E-state index < -0.39 is 12.7 Å². The molecule has 0 aliphatic heterocycles. The number of benzene rings is 1. The maximum absolute atomic E-state index is 12.6. The molecule has 110 valence electrons. The lowest BCUT2D eigenvalue weighted by Gasteiger charge is -2.24. The lowest BCUT2D eigenvalue weighted by atomic mass is 10.1. The molecule has 1 aromatic carbocycles. The van der Waals surface area contributed by atoms with Crippen molar-refractivity contribution in [1.82, 2.24) is 4.90 Å². The molecule has 7 heteroatoms. The molecular weight excluding hydrogens is 309 g/mol. The second-order valence-corrected chi connectivity index (χ2v) is 5.77. The van der Waals surface area contributed by atoms with E-state index in [-0.39, 0.29) is 17.6 Å². The molecule has 2 N–H and O–H groups in total. The fourth-order valence-corrected chi connectivity index (χ4v) is 2.40.